The van der Waals surface area contributed by atoms with Crippen LogP contribution in [-0.2, 0) is 4.74 Å². The Morgan fingerprint density at radius 3 is 2.84 bits per heavy atom. The van der Waals surface area contributed by atoms with Gasteiger partial charge in [0.05, 0.1) is 18.8 Å². The number of likely N-dealkylation sites (N-methyl/N-ethyl adjacent to an activating group) is 1. The summed E-state index contributed by atoms with van der Waals surface area (Å²) in [5.41, 5.74) is -0.298. The number of ether oxygens (including phenoxy) is 1. The lowest BCUT2D eigenvalue weighted by Gasteiger charge is -2.27. The lowest BCUT2D eigenvalue weighted by Crippen LogP contribution is -2.44. The summed E-state index contributed by atoms with van der Waals surface area (Å²) in [5.74, 6) is 0. The molecule has 0 aromatic heterocycles. The van der Waals surface area contributed by atoms with E-state index in [1.54, 1.807) is 0 Å². The summed E-state index contributed by atoms with van der Waals surface area (Å²) in [6.45, 7) is 8.90. The van der Waals surface area contributed by atoms with Crippen molar-refractivity contribution in [2.45, 2.75) is 64.1 Å². The van der Waals surface area contributed by atoms with E-state index < -0.39 is 0 Å². The molecule has 110 valence electrons. The average molecular weight is 267 g/mol. The third-order valence-electron chi connectivity index (χ3n) is 3.93. The van der Waals surface area contributed by atoms with E-state index in [4.69, 9.17) is 4.74 Å². The largest absolute Gasteiger partial charge is 0.377 e. The Morgan fingerprint density at radius 1 is 1.53 bits per heavy atom. The van der Waals surface area contributed by atoms with Crippen LogP contribution in [0.2, 0.25) is 0 Å². The normalized spacial score (nSPS) is 27.1. The first-order valence-corrected chi connectivity index (χ1v) is 7.51. The highest BCUT2D eigenvalue weighted by atomic mass is 16.5. The Kier molecular flexibility index (Phi) is 6.78. The van der Waals surface area contributed by atoms with Gasteiger partial charge in [-0.3, -0.25) is 5.32 Å². The average Bonchev–Trinajstić information content (AvgIpc) is 2.81. The van der Waals surface area contributed by atoms with Crippen molar-refractivity contribution in [2.24, 2.45) is 0 Å². The molecule has 0 aromatic carbocycles. The summed E-state index contributed by atoms with van der Waals surface area (Å²) in [6.07, 6.45) is 4.36. The second-order valence-corrected chi connectivity index (χ2v) is 5.92. The van der Waals surface area contributed by atoms with Crippen molar-refractivity contribution in [1.29, 1.82) is 5.26 Å². The minimum Gasteiger partial charge on any atom is -0.377 e. The van der Waals surface area contributed by atoms with Gasteiger partial charge in [-0.1, -0.05) is 6.92 Å². The molecule has 1 rings (SSSR count). The summed E-state index contributed by atoms with van der Waals surface area (Å²) in [5, 5.41) is 12.9. The molecule has 0 saturated heterocycles. The third-order valence-corrected chi connectivity index (χ3v) is 3.93. The third kappa shape index (κ3) is 5.10. The highest BCUT2D eigenvalue weighted by molar-refractivity contribution is 5.13. The molecule has 0 aliphatic heterocycles. The highest BCUT2D eigenvalue weighted by Crippen LogP contribution is 2.32. The maximum absolute atomic E-state index is 9.44. The van der Waals surface area contributed by atoms with Crippen LogP contribution in [0.5, 0.6) is 0 Å². The minimum atomic E-state index is -0.298. The van der Waals surface area contributed by atoms with Crippen molar-refractivity contribution in [2.75, 3.05) is 26.7 Å². The standard InChI is InChI=1S/C15H29N3O/c1-5-8-17-15(12-16)7-6-14(11-15)18(4)9-10-19-13(2)3/h13-14,17H,5-11H2,1-4H3. The van der Waals surface area contributed by atoms with Gasteiger partial charge in [0.15, 0.2) is 0 Å². The number of hydrogen-bond acceptors (Lipinski definition) is 4. The van der Waals surface area contributed by atoms with Crippen LogP contribution in [0.15, 0.2) is 0 Å². The molecule has 0 aromatic rings. The number of hydrogen-bond donors (Lipinski definition) is 1. The van der Waals surface area contributed by atoms with Crippen molar-refractivity contribution in [3.63, 3.8) is 0 Å². The van der Waals surface area contributed by atoms with Gasteiger partial charge < -0.3 is 9.64 Å². The van der Waals surface area contributed by atoms with Crippen LogP contribution in [-0.4, -0.2) is 49.3 Å². The van der Waals surface area contributed by atoms with Crippen LogP contribution in [0.3, 0.4) is 0 Å². The Balaban J connectivity index is 2.39. The predicted molar refractivity (Wildman–Crippen MR) is 78.0 cm³/mol. The molecule has 0 spiro atoms. The quantitative estimate of drug-likeness (QED) is 0.732. The van der Waals surface area contributed by atoms with Crippen LogP contribution in [0.4, 0.5) is 0 Å². The molecule has 19 heavy (non-hydrogen) atoms. The van der Waals surface area contributed by atoms with Crippen molar-refractivity contribution in [3.05, 3.63) is 0 Å². The zero-order valence-electron chi connectivity index (χ0n) is 12.9. The summed E-state index contributed by atoms with van der Waals surface area (Å²) >= 11 is 0. The van der Waals surface area contributed by atoms with Crippen molar-refractivity contribution in [1.82, 2.24) is 10.2 Å². The van der Waals surface area contributed by atoms with Gasteiger partial charge in [-0.15, -0.1) is 0 Å². The number of nitrogens with zero attached hydrogens (tertiary/aromatic N) is 2. The summed E-state index contributed by atoms with van der Waals surface area (Å²) in [4.78, 5) is 2.34. The van der Waals surface area contributed by atoms with Crippen LogP contribution < -0.4 is 5.32 Å². The molecule has 0 bridgehead atoms. The van der Waals surface area contributed by atoms with E-state index in [2.05, 4.69) is 44.1 Å². The van der Waals surface area contributed by atoms with Crippen LogP contribution in [0.1, 0.15) is 46.5 Å². The second-order valence-electron chi connectivity index (χ2n) is 5.92. The molecule has 4 heteroatoms. The Bertz CT molecular complexity index is 300. The first kappa shape index (κ1) is 16.4. The topological polar surface area (TPSA) is 48.3 Å². The van der Waals surface area contributed by atoms with Crippen molar-refractivity contribution < 1.29 is 4.74 Å². The van der Waals surface area contributed by atoms with E-state index in [-0.39, 0.29) is 5.54 Å². The number of nitrogens with one attached hydrogen (secondary N) is 1. The Morgan fingerprint density at radius 2 is 2.26 bits per heavy atom. The maximum Gasteiger partial charge on any atom is 0.108 e. The van der Waals surface area contributed by atoms with Gasteiger partial charge in [0.25, 0.3) is 0 Å². The summed E-state index contributed by atoms with van der Waals surface area (Å²) in [6, 6.07) is 3.00. The van der Waals surface area contributed by atoms with Gasteiger partial charge >= 0.3 is 0 Å². The Labute approximate surface area is 118 Å². The predicted octanol–water partition coefficient (Wildman–Crippen LogP) is 2.16. The molecule has 1 fully saturated rings. The molecule has 1 saturated carbocycles. The fourth-order valence-corrected chi connectivity index (χ4v) is 2.68. The molecule has 2 unspecified atom stereocenters. The summed E-state index contributed by atoms with van der Waals surface area (Å²) in [7, 11) is 2.14. The zero-order chi connectivity index (χ0) is 14.3. The monoisotopic (exact) mass is 267 g/mol. The molecular weight excluding hydrogens is 238 g/mol. The lowest BCUT2D eigenvalue weighted by atomic mass is 9.99. The molecule has 4 nitrogen and oxygen atoms in total. The van der Waals surface area contributed by atoms with Crippen molar-refractivity contribution in [3.8, 4) is 6.07 Å². The van der Waals surface area contributed by atoms with Gasteiger partial charge in [0.2, 0.25) is 0 Å². The van der Waals surface area contributed by atoms with Crippen molar-refractivity contribution >= 4 is 0 Å². The zero-order valence-corrected chi connectivity index (χ0v) is 12.9. The van der Waals surface area contributed by atoms with E-state index in [1.807, 2.05) is 0 Å². The molecule has 0 amide bonds. The van der Waals surface area contributed by atoms with E-state index in [0.29, 0.717) is 12.1 Å². The first-order chi connectivity index (χ1) is 9.03. The van der Waals surface area contributed by atoms with Gasteiger partial charge in [0, 0.05) is 12.6 Å². The number of rotatable bonds is 8. The molecule has 0 heterocycles. The van der Waals surface area contributed by atoms with E-state index in [0.717, 1.165) is 45.4 Å². The van der Waals surface area contributed by atoms with E-state index in [9.17, 15) is 5.26 Å². The van der Waals surface area contributed by atoms with Gasteiger partial charge in [-0.25, -0.2) is 0 Å². The Hall–Kier alpha value is -0.630. The molecule has 1 N–H and O–H groups in total. The SMILES string of the molecule is CCCNC1(C#N)CCC(N(C)CCOC(C)C)C1. The van der Waals surface area contributed by atoms with Gasteiger partial charge in [0.1, 0.15) is 5.54 Å². The number of nitriles is 1. The highest BCUT2D eigenvalue weighted by Gasteiger charge is 2.40. The minimum absolute atomic E-state index is 0.293. The molecule has 1 aliphatic rings. The van der Waals surface area contributed by atoms with E-state index >= 15 is 0 Å². The molecule has 2 atom stereocenters. The molecule has 1 aliphatic carbocycles. The second kappa shape index (κ2) is 7.84. The van der Waals surface area contributed by atoms with Crippen LogP contribution in [0.25, 0.3) is 0 Å². The lowest BCUT2D eigenvalue weighted by molar-refractivity contribution is 0.0558. The van der Waals surface area contributed by atoms with Gasteiger partial charge in [-0.2, -0.15) is 5.26 Å². The smallest absolute Gasteiger partial charge is 0.108 e. The fourth-order valence-electron chi connectivity index (χ4n) is 2.68. The van der Waals surface area contributed by atoms with Crippen LogP contribution in [0, 0.1) is 11.3 Å². The summed E-state index contributed by atoms with van der Waals surface area (Å²) < 4.78 is 5.59. The van der Waals surface area contributed by atoms with E-state index in [1.165, 1.54) is 0 Å². The maximum atomic E-state index is 9.44. The fraction of sp³-hybridized carbons (Fsp3) is 0.933. The van der Waals surface area contributed by atoms with Gasteiger partial charge in [-0.05, 0) is 53.1 Å². The first-order valence-electron chi connectivity index (χ1n) is 7.51. The molecular formula is C15H29N3O. The molecule has 0 radical (unpaired) electrons. The van der Waals surface area contributed by atoms with Crippen LogP contribution >= 0.6 is 0 Å².